The van der Waals surface area contributed by atoms with E-state index in [1.165, 1.54) is 12.4 Å². The van der Waals surface area contributed by atoms with Crippen LogP contribution in [0.4, 0.5) is 37.5 Å². The molecule has 1 N–H and O–H groups in total. The van der Waals surface area contributed by atoms with Gasteiger partial charge in [0.05, 0.1) is 4.92 Å². The molecule has 0 saturated heterocycles. The van der Waals surface area contributed by atoms with Gasteiger partial charge in [0.1, 0.15) is 6.33 Å². The van der Waals surface area contributed by atoms with Crippen LogP contribution in [0.5, 0.6) is 0 Å². The summed E-state index contributed by atoms with van der Waals surface area (Å²) in [5, 5.41) is 14.4. The van der Waals surface area contributed by atoms with Gasteiger partial charge in [0, 0.05) is 24.0 Å². The second kappa shape index (κ2) is 7.73. The smallest absolute Gasteiger partial charge is 0.334 e. The molecule has 0 spiro atoms. The highest BCUT2D eigenvalue weighted by Crippen LogP contribution is 2.36. The number of hydrogen-bond acceptors (Lipinski definition) is 6. The third-order valence-corrected chi connectivity index (χ3v) is 3.81. The van der Waals surface area contributed by atoms with Crippen LogP contribution in [0.2, 0.25) is 0 Å². The standard InChI is InChI=1S/C18H15F2N5O2/c1-2-24(13-6-4-3-5-7-13)18-16(25(26)27)17(21-11-22-18)23-12-8-9-14(19)15(20)10-12/h3-11H,2H2,1H3,(H,21,22,23). The predicted molar refractivity (Wildman–Crippen MR) is 97.4 cm³/mol. The lowest BCUT2D eigenvalue weighted by molar-refractivity contribution is -0.383. The molecule has 0 fully saturated rings. The SMILES string of the molecule is CCN(c1ccccc1)c1ncnc(Nc2ccc(F)c(F)c2)c1[N+](=O)[O-]. The fraction of sp³-hybridized carbons (Fsp3) is 0.111. The molecule has 7 nitrogen and oxygen atoms in total. The van der Waals surface area contributed by atoms with Crippen LogP contribution in [0.3, 0.4) is 0 Å². The first kappa shape index (κ1) is 18.2. The number of para-hydroxylation sites is 1. The predicted octanol–water partition coefficient (Wildman–Crippen LogP) is 4.56. The highest BCUT2D eigenvalue weighted by Gasteiger charge is 2.27. The minimum Gasteiger partial charge on any atom is -0.334 e. The Bertz CT molecular complexity index is 969. The molecule has 0 atom stereocenters. The Morgan fingerprint density at radius 3 is 2.48 bits per heavy atom. The van der Waals surface area contributed by atoms with E-state index >= 15 is 0 Å². The van der Waals surface area contributed by atoms with Crippen molar-refractivity contribution < 1.29 is 13.7 Å². The Labute approximate surface area is 153 Å². The quantitative estimate of drug-likeness (QED) is 0.505. The highest BCUT2D eigenvalue weighted by atomic mass is 19.2. The Balaban J connectivity index is 2.07. The van der Waals surface area contributed by atoms with Crippen LogP contribution in [0, 0.1) is 21.7 Å². The van der Waals surface area contributed by atoms with Crippen molar-refractivity contribution in [1.29, 1.82) is 0 Å². The molecule has 27 heavy (non-hydrogen) atoms. The average molecular weight is 371 g/mol. The molecule has 0 bridgehead atoms. The van der Waals surface area contributed by atoms with Crippen LogP contribution >= 0.6 is 0 Å². The van der Waals surface area contributed by atoms with E-state index < -0.39 is 16.6 Å². The molecule has 3 rings (SSSR count). The lowest BCUT2D eigenvalue weighted by Gasteiger charge is -2.22. The summed E-state index contributed by atoms with van der Waals surface area (Å²) in [4.78, 5) is 20.8. The van der Waals surface area contributed by atoms with Crippen LogP contribution in [0.15, 0.2) is 54.9 Å². The maximum Gasteiger partial charge on any atom is 0.354 e. The Kier molecular flexibility index (Phi) is 5.20. The molecule has 1 aromatic heterocycles. The Hall–Kier alpha value is -3.62. The van der Waals surface area contributed by atoms with Gasteiger partial charge in [0.15, 0.2) is 11.6 Å². The van der Waals surface area contributed by atoms with Crippen molar-refractivity contribution in [3.8, 4) is 0 Å². The number of benzene rings is 2. The van der Waals surface area contributed by atoms with E-state index in [0.29, 0.717) is 6.54 Å². The summed E-state index contributed by atoms with van der Waals surface area (Å²) in [6, 6.07) is 12.1. The number of nitrogens with one attached hydrogen (secondary N) is 1. The molecule has 0 aliphatic heterocycles. The van der Waals surface area contributed by atoms with Gasteiger partial charge in [-0.25, -0.2) is 18.7 Å². The Morgan fingerprint density at radius 2 is 1.85 bits per heavy atom. The van der Waals surface area contributed by atoms with Crippen LogP contribution < -0.4 is 10.2 Å². The topological polar surface area (TPSA) is 84.2 Å². The van der Waals surface area contributed by atoms with Gasteiger partial charge in [-0.15, -0.1) is 0 Å². The van der Waals surface area contributed by atoms with Crippen LogP contribution in [-0.2, 0) is 0 Å². The van der Waals surface area contributed by atoms with Gasteiger partial charge in [-0.3, -0.25) is 10.1 Å². The van der Waals surface area contributed by atoms with Gasteiger partial charge in [0.2, 0.25) is 11.6 Å². The van der Waals surface area contributed by atoms with Crippen molar-refractivity contribution in [3.63, 3.8) is 0 Å². The zero-order chi connectivity index (χ0) is 19.4. The molecule has 0 aliphatic rings. The molecule has 138 valence electrons. The highest BCUT2D eigenvalue weighted by molar-refractivity contribution is 5.78. The first-order chi connectivity index (χ1) is 13.0. The number of nitro groups is 1. The maximum absolute atomic E-state index is 13.4. The van der Waals surface area contributed by atoms with Crippen molar-refractivity contribution in [3.05, 3.63) is 76.6 Å². The molecule has 1 heterocycles. The molecule has 0 unspecified atom stereocenters. The summed E-state index contributed by atoms with van der Waals surface area (Å²) in [5.74, 6) is -2.12. The first-order valence-electron chi connectivity index (χ1n) is 8.05. The summed E-state index contributed by atoms with van der Waals surface area (Å²) >= 11 is 0. The fourth-order valence-electron chi connectivity index (χ4n) is 2.60. The van der Waals surface area contributed by atoms with E-state index in [4.69, 9.17) is 0 Å². The minimum absolute atomic E-state index is 0.0915. The van der Waals surface area contributed by atoms with Gasteiger partial charge in [-0.1, -0.05) is 18.2 Å². The number of hydrogen-bond donors (Lipinski definition) is 1. The normalized spacial score (nSPS) is 10.5. The number of anilines is 4. The second-order valence-corrected chi connectivity index (χ2v) is 5.49. The van der Waals surface area contributed by atoms with Crippen LogP contribution in [0.1, 0.15) is 6.92 Å². The summed E-state index contributed by atoms with van der Waals surface area (Å²) in [6.07, 6.45) is 1.18. The first-order valence-corrected chi connectivity index (χ1v) is 8.05. The largest absolute Gasteiger partial charge is 0.354 e. The molecule has 0 amide bonds. The minimum atomic E-state index is -1.07. The third kappa shape index (κ3) is 3.81. The molecule has 0 saturated carbocycles. The second-order valence-electron chi connectivity index (χ2n) is 5.49. The van der Waals surface area contributed by atoms with Crippen molar-refractivity contribution in [2.45, 2.75) is 6.92 Å². The lowest BCUT2D eigenvalue weighted by atomic mass is 10.2. The Morgan fingerprint density at radius 1 is 1.11 bits per heavy atom. The van der Waals surface area contributed by atoms with E-state index in [0.717, 1.165) is 17.8 Å². The van der Waals surface area contributed by atoms with Gasteiger partial charge >= 0.3 is 5.69 Å². The molecule has 9 heteroatoms. The van der Waals surface area contributed by atoms with E-state index in [9.17, 15) is 18.9 Å². The van der Waals surface area contributed by atoms with Gasteiger partial charge in [-0.05, 0) is 31.2 Å². The maximum atomic E-state index is 13.4. The average Bonchev–Trinajstić information content (AvgIpc) is 2.66. The molecule has 3 aromatic rings. The number of rotatable bonds is 6. The van der Waals surface area contributed by atoms with Crippen LogP contribution in [-0.4, -0.2) is 21.4 Å². The van der Waals surface area contributed by atoms with E-state index in [2.05, 4.69) is 15.3 Å². The number of aromatic nitrogens is 2. The molecular formula is C18H15F2N5O2. The van der Waals surface area contributed by atoms with Crippen LogP contribution in [0.25, 0.3) is 0 Å². The van der Waals surface area contributed by atoms with Crippen molar-refractivity contribution >= 4 is 28.7 Å². The third-order valence-electron chi connectivity index (χ3n) is 3.81. The number of halogens is 2. The summed E-state index contributed by atoms with van der Waals surface area (Å²) in [6.45, 7) is 2.26. The molecule has 0 aliphatic carbocycles. The summed E-state index contributed by atoms with van der Waals surface area (Å²) in [5.41, 5.74) is 0.484. The fourth-order valence-corrected chi connectivity index (χ4v) is 2.60. The zero-order valence-electron chi connectivity index (χ0n) is 14.3. The molecular weight excluding hydrogens is 356 g/mol. The van der Waals surface area contributed by atoms with Crippen molar-refractivity contribution in [2.24, 2.45) is 0 Å². The van der Waals surface area contributed by atoms with E-state index in [1.807, 2.05) is 25.1 Å². The van der Waals surface area contributed by atoms with Gasteiger partial charge < -0.3 is 10.2 Å². The zero-order valence-corrected chi connectivity index (χ0v) is 14.3. The monoisotopic (exact) mass is 371 g/mol. The molecule has 2 aromatic carbocycles. The van der Waals surface area contributed by atoms with Gasteiger partial charge in [0.25, 0.3) is 0 Å². The van der Waals surface area contributed by atoms with E-state index in [1.54, 1.807) is 17.0 Å². The van der Waals surface area contributed by atoms with Gasteiger partial charge in [-0.2, -0.15) is 0 Å². The lowest BCUT2D eigenvalue weighted by Crippen LogP contribution is -2.19. The van der Waals surface area contributed by atoms with Crippen molar-refractivity contribution in [2.75, 3.05) is 16.8 Å². The van der Waals surface area contributed by atoms with Crippen molar-refractivity contribution in [1.82, 2.24) is 9.97 Å². The number of nitrogens with zero attached hydrogens (tertiary/aromatic N) is 4. The summed E-state index contributed by atoms with van der Waals surface area (Å²) in [7, 11) is 0. The molecule has 0 radical (unpaired) electrons. The summed E-state index contributed by atoms with van der Waals surface area (Å²) < 4.78 is 26.5. The van der Waals surface area contributed by atoms with E-state index in [-0.39, 0.29) is 23.0 Å².